The van der Waals surface area contributed by atoms with E-state index >= 15 is 0 Å². The summed E-state index contributed by atoms with van der Waals surface area (Å²) in [6, 6.07) is 11.9. The number of nitrogens with one attached hydrogen (secondary N) is 1. The van der Waals surface area contributed by atoms with E-state index in [4.69, 9.17) is 27.9 Å². The average Bonchev–Trinajstić information content (AvgIpc) is 3.25. The van der Waals surface area contributed by atoms with E-state index in [0.29, 0.717) is 23.7 Å². The summed E-state index contributed by atoms with van der Waals surface area (Å²) in [6.45, 7) is 3.06. The van der Waals surface area contributed by atoms with E-state index in [9.17, 15) is 23.6 Å². The van der Waals surface area contributed by atoms with Crippen molar-refractivity contribution in [1.29, 1.82) is 5.26 Å². The monoisotopic (exact) mass is 608 g/mol. The van der Waals surface area contributed by atoms with Gasteiger partial charge in [-0.1, -0.05) is 35.3 Å². The highest BCUT2D eigenvalue weighted by Crippen LogP contribution is 2.45. The molecule has 0 spiro atoms. The van der Waals surface area contributed by atoms with Gasteiger partial charge in [-0.2, -0.15) is 9.57 Å². The van der Waals surface area contributed by atoms with Gasteiger partial charge in [-0.15, -0.1) is 11.8 Å². The Morgan fingerprint density at radius 1 is 1.18 bits per heavy atom. The number of carbonyl (C=O) groups is 1. The summed E-state index contributed by atoms with van der Waals surface area (Å²) in [5.41, 5.74) is 1.47. The summed E-state index contributed by atoms with van der Waals surface area (Å²) in [4.78, 5) is 15.4. The zero-order valence-corrected chi connectivity index (χ0v) is 23.9. The van der Waals surface area contributed by atoms with Gasteiger partial charge in [0.05, 0.1) is 45.5 Å². The summed E-state index contributed by atoms with van der Waals surface area (Å²) in [7, 11) is -3.97. The summed E-state index contributed by atoms with van der Waals surface area (Å²) in [6.07, 6.45) is 0.752. The Morgan fingerprint density at radius 2 is 1.95 bits per heavy atom. The number of morpholine rings is 1. The first kappa shape index (κ1) is 28.2. The van der Waals surface area contributed by atoms with Crippen molar-refractivity contribution in [2.45, 2.75) is 23.1 Å². The van der Waals surface area contributed by atoms with Crippen molar-refractivity contribution in [3.05, 3.63) is 68.2 Å². The summed E-state index contributed by atoms with van der Waals surface area (Å²) < 4.78 is 33.0. The molecule has 9 nitrogen and oxygen atoms in total. The van der Waals surface area contributed by atoms with Crippen molar-refractivity contribution in [1.82, 2.24) is 14.5 Å². The predicted octanol–water partition coefficient (Wildman–Crippen LogP) is 3.82. The molecule has 3 aliphatic rings. The number of hydrogen-bond acceptors (Lipinski definition) is 8. The maximum absolute atomic E-state index is 13.3. The van der Waals surface area contributed by atoms with Crippen LogP contribution in [0, 0.1) is 17.2 Å². The second kappa shape index (κ2) is 11.7. The molecule has 2 aromatic carbocycles. The fourth-order valence-electron chi connectivity index (χ4n) is 5.10. The van der Waals surface area contributed by atoms with Gasteiger partial charge in [-0.25, -0.2) is 8.42 Å². The molecule has 206 valence electrons. The molecule has 2 fully saturated rings. The van der Waals surface area contributed by atoms with Crippen LogP contribution in [0.4, 0.5) is 0 Å². The SMILES string of the molecule is N#CC1=C(NC(=O)c2cc(S(=O)(=O)N3CCOCC3)c(Cl)cc2Cl)SC2CN(Cc3cccc(O)c3)CCC12. The lowest BCUT2D eigenvalue weighted by Crippen LogP contribution is -2.40. The van der Waals surface area contributed by atoms with Crippen LogP contribution in [0.1, 0.15) is 22.3 Å². The molecule has 0 aliphatic carbocycles. The van der Waals surface area contributed by atoms with Crippen LogP contribution in [0.2, 0.25) is 10.0 Å². The molecule has 13 heteroatoms. The highest BCUT2D eigenvalue weighted by atomic mass is 35.5. The number of fused-ring (bicyclic) bond motifs is 1. The fourth-order valence-corrected chi connectivity index (χ4v) is 8.84. The number of halogens is 2. The Hall–Kier alpha value is -2.30. The number of phenolic OH excluding ortho intramolecular Hbond substituents is 1. The topological polar surface area (TPSA) is 123 Å². The van der Waals surface area contributed by atoms with Crippen LogP contribution in [-0.2, 0) is 21.3 Å². The molecule has 0 radical (unpaired) electrons. The van der Waals surface area contributed by atoms with Gasteiger partial charge >= 0.3 is 0 Å². The summed E-state index contributed by atoms with van der Waals surface area (Å²) in [5, 5.41) is 23.0. The molecule has 3 aliphatic heterocycles. The first-order valence-corrected chi connectivity index (χ1v) is 15.4. The van der Waals surface area contributed by atoms with Crippen molar-refractivity contribution < 1.29 is 23.1 Å². The van der Waals surface area contributed by atoms with Crippen LogP contribution in [0.25, 0.3) is 0 Å². The molecule has 2 N–H and O–H groups in total. The van der Waals surface area contributed by atoms with E-state index in [2.05, 4.69) is 16.3 Å². The fraction of sp³-hybridized carbons (Fsp3) is 0.385. The number of benzene rings is 2. The largest absolute Gasteiger partial charge is 0.508 e. The highest BCUT2D eigenvalue weighted by Gasteiger charge is 2.40. The molecule has 2 aromatic rings. The molecule has 0 aromatic heterocycles. The molecule has 2 saturated heterocycles. The summed E-state index contributed by atoms with van der Waals surface area (Å²) >= 11 is 14.0. The number of nitriles is 1. The third kappa shape index (κ3) is 5.93. The molecular formula is C26H26Cl2N4O5S2. The van der Waals surface area contributed by atoms with Gasteiger partial charge in [0.25, 0.3) is 5.91 Å². The minimum Gasteiger partial charge on any atom is -0.508 e. The van der Waals surface area contributed by atoms with E-state index in [1.807, 2.05) is 12.1 Å². The van der Waals surface area contributed by atoms with Crippen molar-refractivity contribution in [2.75, 3.05) is 39.4 Å². The Kier molecular flexibility index (Phi) is 8.45. The Balaban J connectivity index is 1.32. The molecule has 2 unspecified atom stereocenters. The second-order valence-electron chi connectivity index (χ2n) is 9.54. The Bertz CT molecular complexity index is 1470. The lowest BCUT2D eigenvalue weighted by molar-refractivity contribution is 0.0730. The Morgan fingerprint density at radius 3 is 2.67 bits per heavy atom. The van der Waals surface area contributed by atoms with Crippen LogP contribution < -0.4 is 5.32 Å². The van der Waals surface area contributed by atoms with E-state index in [1.54, 1.807) is 12.1 Å². The molecule has 1 amide bonds. The molecule has 0 bridgehead atoms. The van der Waals surface area contributed by atoms with Gasteiger partial charge in [0.15, 0.2) is 0 Å². The normalized spacial score (nSPS) is 22.4. The van der Waals surface area contributed by atoms with Crippen molar-refractivity contribution >= 4 is 50.9 Å². The number of nitrogens with zero attached hydrogens (tertiary/aromatic N) is 3. The highest BCUT2D eigenvalue weighted by molar-refractivity contribution is 8.04. The maximum Gasteiger partial charge on any atom is 0.257 e. The van der Waals surface area contributed by atoms with Gasteiger partial charge < -0.3 is 15.2 Å². The third-order valence-electron chi connectivity index (χ3n) is 7.05. The van der Waals surface area contributed by atoms with Gasteiger partial charge in [0.2, 0.25) is 10.0 Å². The number of piperidine rings is 1. The van der Waals surface area contributed by atoms with Crippen molar-refractivity contribution in [2.24, 2.45) is 5.92 Å². The van der Waals surface area contributed by atoms with E-state index in [0.717, 1.165) is 18.5 Å². The van der Waals surface area contributed by atoms with Gasteiger partial charge in [0.1, 0.15) is 10.6 Å². The number of carbonyl (C=O) groups excluding carboxylic acids is 1. The number of ether oxygens (including phenoxy) is 1. The molecule has 0 saturated carbocycles. The van der Waals surface area contributed by atoms with Crippen molar-refractivity contribution in [3.8, 4) is 11.8 Å². The number of rotatable bonds is 6. The molecular weight excluding hydrogens is 583 g/mol. The van der Waals surface area contributed by atoms with E-state index < -0.39 is 15.9 Å². The number of hydrogen-bond donors (Lipinski definition) is 2. The van der Waals surface area contributed by atoms with Crippen molar-refractivity contribution in [3.63, 3.8) is 0 Å². The number of thioether (sulfide) groups is 1. The minimum atomic E-state index is -3.97. The second-order valence-corrected chi connectivity index (χ2v) is 13.5. The number of sulfonamides is 1. The Labute approximate surface area is 241 Å². The minimum absolute atomic E-state index is 0.00586. The number of likely N-dealkylation sites (tertiary alicyclic amines) is 1. The van der Waals surface area contributed by atoms with Crippen LogP contribution in [0.15, 0.2) is 51.9 Å². The van der Waals surface area contributed by atoms with Gasteiger partial charge in [-0.3, -0.25) is 9.69 Å². The van der Waals surface area contributed by atoms with E-state index in [-0.39, 0.29) is 63.7 Å². The summed E-state index contributed by atoms with van der Waals surface area (Å²) in [5.74, 6) is -0.396. The number of phenols is 1. The van der Waals surface area contributed by atoms with Gasteiger partial charge in [-0.05, 0) is 42.8 Å². The number of amides is 1. The molecule has 39 heavy (non-hydrogen) atoms. The van der Waals surface area contributed by atoms with Crippen LogP contribution in [0.5, 0.6) is 5.75 Å². The number of aromatic hydroxyl groups is 1. The van der Waals surface area contributed by atoms with Crippen LogP contribution >= 0.6 is 35.0 Å². The third-order valence-corrected chi connectivity index (χ3v) is 11.1. The molecule has 5 rings (SSSR count). The maximum atomic E-state index is 13.3. The molecule has 2 atom stereocenters. The average molecular weight is 610 g/mol. The van der Waals surface area contributed by atoms with E-state index in [1.165, 1.54) is 28.2 Å². The number of allylic oxidation sites excluding steroid dienone is 1. The predicted molar refractivity (Wildman–Crippen MR) is 149 cm³/mol. The zero-order chi connectivity index (χ0) is 27.7. The van der Waals surface area contributed by atoms with Gasteiger partial charge in [0, 0.05) is 37.3 Å². The quantitative estimate of drug-likeness (QED) is 0.507. The standard InChI is InChI=1S/C26H26Cl2N4O5S2/c27-21-12-22(28)24(39(35,36)32-6-8-37-9-7-32)11-19(21)25(34)30-26-20(13-29)18-4-5-31(15-23(18)38-26)14-16-2-1-3-17(33)10-16/h1-3,10-12,18,23,33H,4-9,14-15H2,(H,30,34). The van der Waals surface area contributed by atoms with Crippen LogP contribution in [0.3, 0.4) is 0 Å². The zero-order valence-electron chi connectivity index (χ0n) is 20.8. The smallest absolute Gasteiger partial charge is 0.257 e. The first-order valence-electron chi connectivity index (χ1n) is 12.4. The molecule has 3 heterocycles. The lowest BCUT2D eigenvalue weighted by Gasteiger charge is -2.34. The van der Waals surface area contributed by atoms with Crippen LogP contribution in [-0.4, -0.2) is 73.3 Å². The first-order chi connectivity index (χ1) is 18.7. The lowest BCUT2D eigenvalue weighted by atomic mass is 9.90.